The average molecular weight is 306 g/mol. The zero-order valence-corrected chi connectivity index (χ0v) is 13.2. The van der Waals surface area contributed by atoms with Gasteiger partial charge in [0.15, 0.2) is 0 Å². The number of ether oxygens (including phenoxy) is 1. The molecule has 1 fully saturated rings. The normalized spacial score (nSPS) is 21.2. The summed E-state index contributed by atoms with van der Waals surface area (Å²) < 4.78 is 5.56. The summed E-state index contributed by atoms with van der Waals surface area (Å²) in [5.74, 6) is 0.921. The van der Waals surface area contributed by atoms with E-state index in [1.807, 2.05) is 24.3 Å². The molecule has 1 aromatic carbocycles. The number of amides is 2. The lowest BCUT2D eigenvalue weighted by Crippen LogP contribution is -2.45. The lowest BCUT2D eigenvalue weighted by atomic mass is 9.85. The third-order valence-electron chi connectivity index (χ3n) is 4.02. The summed E-state index contributed by atoms with van der Waals surface area (Å²) >= 11 is 0. The Kier molecular flexibility index (Phi) is 6.52. The van der Waals surface area contributed by atoms with Crippen LogP contribution in [0.25, 0.3) is 0 Å². The molecule has 5 heteroatoms. The Balaban J connectivity index is 1.88. The van der Waals surface area contributed by atoms with Crippen LogP contribution in [0.3, 0.4) is 0 Å². The monoisotopic (exact) mass is 306 g/mol. The summed E-state index contributed by atoms with van der Waals surface area (Å²) in [6.07, 6.45) is 5.08. The van der Waals surface area contributed by atoms with Crippen molar-refractivity contribution in [3.63, 3.8) is 0 Å². The van der Waals surface area contributed by atoms with E-state index in [4.69, 9.17) is 4.74 Å². The highest BCUT2D eigenvalue weighted by Crippen LogP contribution is 2.24. The van der Waals surface area contributed by atoms with Crippen LogP contribution < -0.4 is 15.4 Å². The van der Waals surface area contributed by atoms with Gasteiger partial charge in [-0.15, -0.1) is 0 Å². The van der Waals surface area contributed by atoms with Gasteiger partial charge in [0.25, 0.3) is 0 Å². The molecular weight excluding hydrogens is 280 g/mol. The first-order valence-electron chi connectivity index (χ1n) is 8.14. The van der Waals surface area contributed by atoms with Crippen LogP contribution in [0.2, 0.25) is 0 Å². The highest BCUT2D eigenvalue weighted by Gasteiger charge is 2.25. The van der Waals surface area contributed by atoms with E-state index in [0.717, 1.165) is 37.9 Å². The van der Waals surface area contributed by atoms with Crippen molar-refractivity contribution in [3.05, 3.63) is 24.3 Å². The molecule has 0 bridgehead atoms. The molecule has 0 spiro atoms. The fourth-order valence-corrected chi connectivity index (χ4v) is 2.84. The maximum absolute atomic E-state index is 12.1. The van der Waals surface area contributed by atoms with E-state index in [1.165, 1.54) is 0 Å². The molecule has 0 saturated heterocycles. The van der Waals surface area contributed by atoms with Crippen LogP contribution in [-0.4, -0.2) is 30.4 Å². The summed E-state index contributed by atoms with van der Waals surface area (Å²) in [6.45, 7) is 2.85. The van der Waals surface area contributed by atoms with Crippen molar-refractivity contribution in [1.29, 1.82) is 0 Å². The van der Waals surface area contributed by atoms with Gasteiger partial charge in [0.1, 0.15) is 5.75 Å². The molecule has 2 unspecified atom stereocenters. The Hall–Kier alpha value is -1.75. The molecule has 0 heterocycles. The van der Waals surface area contributed by atoms with E-state index in [9.17, 15) is 9.90 Å². The van der Waals surface area contributed by atoms with Gasteiger partial charge < -0.3 is 20.5 Å². The first-order chi connectivity index (χ1) is 10.7. The van der Waals surface area contributed by atoms with E-state index in [1.54, 1.807) is 0 Å². The van der Waals surface area contributed by atoms with Gasteiger partial charge in [-0.2, -0.15) is 0 Å². The topological polar surface area (TPSA) is 70.6 Å². The molecule has 22 heavy (non-hydrogen) atoms. The molecule has 2 rings (SSSR count). The van der Waals surface area contributed by atoms with Crippen molar-refractivity contribution in [2.24, 2.45) is 5.92 Å². The van der Waals surface area contributed by atoms with Crippen LogP contribution in [0.5, 0.6) is 5.75 Å². The molecule has 1 aliphatic carbocycles. The first-order valence-corrected chi connectivity index (χ1v) is 8.14. The Morgan fingerprint density at radius 1 is 1.36 bits per heavy atom. The van der Waals surface area contributed by atoms with E-state index in [-0.39, 0.29) is 24.6 Å². The Labute approximate surface area is 132 Å². The van der Waals surface area contributed by atoms with Crippen LogP contribution >= 0.6 is 0 Å². The SMILES string of the molecule is CCCOc1cccc(NC(=O)NC2CCCCC2CO)c1. The maximum atomic E-state index is 12.1. The van der Waals surface area contributed by atoms with Gasteiger partial charge in [0.2, 0.25) is 0 Å². The fourth-order valence-electron chi connectivity index (χ4n) is 2.84. The number of rotatable bonds is 6. The number of aliphatic hydroxyl groups excluding tert-OH is 1. The fraction of sp³-hybridized carbons (Fsp3) is 0.588. The second kappa shape index (κ2) is 8.63. The van der Waals surface area contributed by atoms with Gasteiger partial charge in [-0.3, -0.25) is 0 Å². The third-order valence-corrected chi connectivity index (χ3v) is 4.02. The van der Waals surface area contributed by atoms with Gasteiger partial charge in [-0.05, 0) is 31.4 Å². The third kappa shape index (κ3) is 4.91. The number of carbonyl (C=O) groups is 1. The molecule has 0 aliphatic heterocycles. The van der Waals surface area contributed by atoms with Gasteiger partial charge >= 0.3 is 6.03 Å². The number of hydrogen-bond acceptors (Lipinski definition) is 3. The number of benzene rings is 1. The molecule has 2 amide bonds. The van der Waals surface area contributed by atoms with Gasteiger partial charge in [-0.1, -0.05) is 25.8 Å². The smallest absolute Gasteiger partial charge is 0.319 e. The molecule has 2 atom stereocenters. The molecule has 0 aromatic heterocycles. The number of aliphatic hydroxyl groups is 1. The van der Waals surface area contributed by atoms with Crippen LogP contribution in [-0.2, 0) is 0 Å². The second-order valence-corrected chi connectivity index (χ2v) is 5.81. The molecule has 1 aromatic rings. The average Bonchev–Trinajstić information content (AvgIpc) is 2.53. The van der Waals surface area contributed by atoms with Crippen molar-refractivity contribution < 1.29 is 14.6 Å². The zero-order chi connectivity index (χ0) is 15.8. The maximum Gasteiger partial charge on any atom is 0.319 e. The van der Waals surface area contributed by atoms with Crippen LogP contribution in [0.4, 0.5) is 10.5 Å². The standard InChI is InChI=1S/C17H26N2O3/c1-2-10-22-15-8-5-7-14(11-15)18-17(21)19-16-9-4-3-6-13(16)12-20/h5,7-8,11,13,16,20H,2-4,6,9-10,12H2,1H3,(H2,18,19,21). The minimum absolute atomic E-state index is 0.0540. The molecule has 3 N–H and O–H groups in total. The van der Waals surface area contributed by atoms with E-state index >= 15 is 0 Å². The Morgan fingerprint density at radius 2 is 2.18 bits per heavy atom. The molecule has 0 radical (unpaired) electrons. The summed E-state index contributed by atoms with van der Waals surface area (Å²) in [6, 6.07) is 7.22. The van der Waals surface area contributed by atoms with Crippen LogP contribution in [0.15, 0.2) is 24.3 Å². The summed E-state index contributed by atoms with van der Waals surface area (Å²) in [4.78, 5) is 12.1. The van der Waals surface area contributed by atoms with Crippen LogP contribution in [0.1, 0.15) is 39.0 Å². The first kappa shape index (κ1) is 16.6. The van der Waals surface area contributed by atoms with Crippen LogP contribution in [0, 0.1) is 5.92 Å². The van der Waals surface area contributed by atoms with Crippen molar-refractivity contribution in [3.8, 4) is 5.75 Å². The number of carbonyl (C=O) groups excluding carboxylic acids is 1. The van der Waals surface area contributed by atoms with Crippen molar-refractivity contribution >= 4 is 11.7 Å². The van der Waals surface area contributed by atoms with Crippen molar-refractivity contribution in [1.82, 2.24) is 5.32 Å². The lowest BCUT2D eigenvalue weighted by molar-refractivity contribution is 0.156. The van der Waals surface area contributed by atoms with Gasteiger partial charge in [0.05, 0.1) is 6.61 Å². The molecule has 1 aliphatic rings. The summed E-state index contributed by atoms with van der Waals surface area (Å²) in [5, 5.41) is 15.2. The number of anilines is 1. The quantitative estimate of drug-likeness (QED) is 0.756. The number of urea groups is 1. The number of hydrogen-bond donors (Lipinski definition) is 3. The molecule has 122 valence electrons. The summed E-state index contributed by atoms with van der Waals surface area (Å²) in [7, 11) is 0. The molecule has 1 saturated carbocycles. The van der Waals surface area contributed by atoms with E-state index < -0.39 is 0 Å². The molecular formula is C17H26N2O3. The Bertz CT molecular complexity index is 479. The number of nitrogens with one attached hydrogen (secondary N) is 2. The minimum Gasteiger partial charge on any atom is -0.494 e. The highest BCUT2D eigenvalue weighted by atomic mass is 16.5. The van der Waals surface area contributed by atoms with E-state index in [0.29, 0.717) is 12.3 Å². The molecule has 5 nitrogen and oxygen atoms in total. The minimum atomic E-state index is -0.224. The zero-order valence-electron chi connectivity index (χ0n) is 13.2. The largest absolute Gasteiger partial charge is 0.494 e. The lowest BCUT2D eigenvalue weighted by Gasteiger charge is -2.30. The predicted molar refractivity (Wildman–Crippen MR) is 87.2 cm³/mol. The van der Waals surface area contributed by atoms with Gasteiger partial charge in [-0.25, -0.2) is 4.79 Å². The van der Waals surface area contributed by atoms with E-state index in [2.05, 4.69) is 17.6 Å². The summed E-state index contributed by atoms with van der Waals surface area (Å²) in [5.41, 5.74) is 0.711. The van der Waals surface area contributed by atoms with Gasteiger partial charge in [0, 0.05) is 30.3 Å². The second-order valence-electron chi connectivity index (χ2n) is 5.81. The van der Waals surface area contributed by atoms with Crippen molar-refractivity contribution in [2.45, 2.75) is 45.1 Å². The van der Waals surface area contributed by atoms with Crippen molar-refractivity contribution in [2.75, 3.05) is 18.5 Å². The Morgan fingerprint density at radius 3 is 2.95 bits per heavy atom. The predicted octanol–water partition coefficient (Wildman–Crippen LogP) is 3.15. The highest BCUT2D eigenvalue weighted by molar-refractivity contribution is 5.89.